The Bertz CT molecular complexity index is 1750. The highest BCUT2D eigenvalue weighted by atomic mass is 28.4. The summed E-state index contributed by atoms with van der Waals surface area (Å²) in [7, 11) is 1.04. The van der Waals surface area contributed by atoms with Crippen molar-refractivity contribution in [1.82, 2.24) is 10.1 Å². The molecule has 9 nitrogen and oxygen atoms in total. The Labute approximate surface area is 271 Å². The van der Waals surface area contributed by atoms with Crippen LogP contribution in [0.25, 0.3) is 10.8 Å². The second kappa shape index (κ2) is 11.4. The highest BCUT2D eigenvalue weighted by Crippen LogP contribution is 2.59. The highest BCUT2D eigenvalue weighted by molar-refractivity contribution is 6.74. The van der Waals surface area contributed by atoms with E-state index in [1.54, 1.807) is 0 Å². The van der Waals surface area contributed by atoms with Gasteiger partial charge in [-0.3, -0.25) is 14.5 Å². The van der Waals surface area contributed by atoms with Gasteiger partial charge in [-0.05, 0) is 84.5 Å². The third-order valence-electron chi connectivity index (χ3n) is 10.8. The Morgan fingerprint density at radius 2 is 1.87 bits per heavy atom. The number of aliphatic hydroxyl groups excluding tert-OH is 2. The molecule has 246 valence electrons. The van der Waals surface area contributed by atoms with Gasteiger partial charge in [-0.25, -0.2) is 0 Å². The molecule has 0 amide bonds. The van der Waals surface area contributed by atoms with Crippen LogP contribution in [0.5, 0.6) is 5.88 Å². The number of ether oxygens (including phenoxy) is 1. The second-order valence-electron chi connectivity index (χ2n) is 14.9. The quantitative estimate of drug-likeness (QED) is 0.198. The average Bonchev–Trinajstić information content (AvgIpc) is 3.40. The predicted molar refractivity (Wildman–Crippen MR) is 178 cm³/mol. The van der Waals surface area contributed by atoms with Crippen LogP contribution in [0.3, 0.4) is 0 Å². The molecule has 2 aromatic carbocycles. The van der Waals surface area contributed by atoms with Crippen molar-refractivity contribution in [3.63, 3.8) is 0 Å². The summed E-state index contributed by atoms with van der Waals surface area (Å²) < 4.78 is 19.1. The molecule has 10 heteroatoms. The zero-order valence-corrected chi connectivity index (χ0v) is 29.2. The lowest BCUT2D eigenvalue weighted by molar-refractivity contribution is -0.0480. The van der Waals surface area contributed by atoms with Crippen molar-refractivity contribution in [3.05, 3.63) is 69.7 Å². The van der Waals surface area contributed by atoms with Gasteiger partial charge in [-0.1, -0.05) is 64.4 Å². The van der Waals surface area contributed by atoms with Crippen molar-refractivity contribution in [1.29, 1.82) is 0 Å². The number of nitrogens with zero attached hydrogens (tertiary/aromatic N) is 2. The van der Waals surface area contributed by atoms with Crippen LogP contribution < -0.4 is 4.74 Å². The van der Waals surface area contributed by atoms with Crippen molar-refractivity contribution in [2.24, 2.45) is 11.8 Å². The van der Waals surface area contributed by atoms with Crippen molar-refractivity contribution >= 4 is 30.7 Å². The topological polar surface area (TPSA) is 122 Å². The van der Waals surface area contributed by atoms with Crippen LogP contribution in [0, 0.1) is 11.8 Å². The van der Waals surface area contributed by atoms with Gasteiger partial charge < -0.3 is 23.9 Å². The number of fused-ring (bicyclic) bond motifs is 5. The van der Waals surface area contributed by atoms with E-state index < -0.39 is 31.7 Å². The van der Waals surface area contributed by atoms with Gasteiger partial charge in [0.2, 0.25) is 5.78 Å². The molecule has 46 heavy (non-hydrogen) atoms. The van der Waals surface area contributed by atoms with E-state index in [1.807, 2.05) is 49.3 Å². The summed E-state index contributed by atoms with van der Waals surface area (Å²) in [5, 5.41) is 28.9. The second-order valence-corrected chi connectivity index (χ2v) is 19.6. The van der Waals surface area contributed by atoms with Crippen LogP contribution in [0.15, 0.2) is 46.2 Å². The fraction of sp³-hybridized carbons (Fsp3) is 0.528. The first-order valence-corrected chi connectivity index (χ1v) is 19.3. The number of aromatic nitrogens is 1. The SMILES string of the molecule is CCCCOc1noc2c1C(=O)[C@@]1(O[Si](C)(C)C(C)(C)C)C(O)=C3C(=O)c4c(cc5ccccc5c4CO)C[C@H]3C[C@H]1[C@@H]2N(C)C. The Kier molecular flexibility index (Phi) is 8.11. The minimum atomic E-state index is -2.79. The van der Waals surface area contributed by atoms with Crippen molar-refractivity contribution < 1.29 is 33.5 Å². The summed E-state index contributed by atoms with van der Waals surface area (Å²) in [5.74, 6) is -1.62. The Balaban J connectivity index is 1.63. The van der Waals surface area contributed by atoms with E-state index >= 15 is 4.79 Å². The number of carbonyl (C=O) groups excluding carboxylic acids is 2. The summed E-state index contributed by atoms with van der Waals surface area (Å²) in [4.78, 5) is 31.8. The molecular formula is C36H46N2O7Si. The van der Waals surface area contributed by atoms with Crippen LogP contribution in [0.4, 0.5) is 0 Å². The summed E-state index contributed by atoms with van der Waals surface area (Å²) in [6, 6.07) is 9.23. The number of rotatable bonds is 8. The molecule has 3 aromatic rings. The summed E-state index contributed by atoms with van der Waals surface area (Å²) in [6.45, 7) is 12.4. The number of benzene rings is 2. The fourth-order valence-corrected chi connectivity index (χ4v) is 9.01. The molecule has 2 N–H and O–H groups in total. The monoisotopic (exact) mass is 646 g/mol. The molecule has 4 atom stereocenters. The smallest absolute Gasteiger partial charge is 0.265 e. The zero-order chi connectivity index (χ0) is 33.3. The van der Waals surface area contributed by atoms with E-state index in [-0.39, 0.29) is 46.1 Å². The fourth-order valence-electron chi connectivity index (χ4n) is 7.56. The van der Waals surface area contributed by atoms with Gasteiger partial charge in [0.25, 0.3) is 5.88 Å². The van der Waals surface area contributed by atoms with Crippen LogP contribution in [0.1, 0.15) is 90.6 Å². The molecule has 0 saturated carbocycles. The Morgan fingerprint density at radius 3 is 2.52 bits per heavy atom. The number of allylic oxidation sites excluding steroid dienone is 1. The van der Waals surface area contributed by atoms with Gasteiger partial charge in [0.05, 0.1) is 19.3 Å². The molecule has 0 spiro atoms. The number of hydrogen-bond acceptors (Lipinski definition) is 9. The van der Waals surface area contributed by atoms with Crippen molar-refractivity contribution in [3.8, 4) is 5.88 Å². The van der Waals surface area contributed by atoms with E-state index in [9.17, 15) is 15.0 Å². The van der Waals surface area contributed by atoms with Gasteiger partial charge in [0, 0.05) is 17.1 Å². The molecule has 3 aliphatic carbocycles. The minimum absolute atomic E-state index is 0.0891. The molecule has 0 radical (unpaired) electrons. The van der Waals surface area contributed by atoms with Gasteiger partial charge in [0.1, 0.15) is 11.3 Å². The minimum Gasteiger partial charge on any atom is -0.508 e. The first-order valence-electron chi connectivity index (χ1n) is 16.4. The van der Waals surface area contributed by atoms with E-state index in [0.717, 1.165) is 29.2 Å². The van der Waals surface area contributed by atoms with Crippen LogP contribution in [0.2, 0.25) is 18.1 Å². The van der Waals surface area contributed by atoms with Gasteiger partial charge in [0.15, 0.2) is 25.5 Å². The lowest BCUT2D eigenvalue weighted by Crippen LogP contribution is -2.65. The van der Waals surface area contributed by atoms with Crippen molar-refractivity contribution in [2.45, 2.75) is 89.8 Å². The maximum absolute atomic E-state index is 15.1. The molecule has 1 aromatic heterocycles. The van der Waals surface area contributed by atoms with Crippen LogP contribution >= 0.6 is 0 Å². The summed E-state index contributed by atoms with van der Waals surface area (Å²) in [5.41, 5.74) is 0.290. The Morgan fingerprint density at radius 1 is 1.15 bits per heavy atom. The lowest BCUT2D eigenvalue weighted by atomic mass is 9.58. The molecule has 1 heterocycles. The van der Waals surface area contributed by atoms with E-state index in [0.29, 0.717) is 36.3 Å². The number of carbonyl (C=O) groups is 2. The Hall–Kier alpha value is -3.31. The lowest BCUT2D eigenvalue weighted by Gasteiger charge is -2.55. The molecular weight excluding hydrogens is 600 g/mol. The average molecular weight is 647 g/mol. The molecule has 6 rings (SSSR count). The highest BCUT2D eigenvalue weighted by Gasteiger charge is 2.67. The number of unbranched alkanes of at least 4 members (excludes halogenated alkanes) is 1. The largest absolute Gasteiger partial charge is 0.508 e. The summed E-state index contributed by atoms with van der Waals surface area (Å²) >= 11 is 0. The van der Waals surface area contributed by atoms with Crippen molar-refractivity contribution in [2.75, 3.05) is 20.7 Å². The molecule has 0 bridgehead atoms. The van der Waals surface area contributed by atoms with E-state index in [4.69, 9.17) is 13.7 Å². The number of Topliss-reactive ketones (excluding diaryl/α,β-unsaturated/α-hetero) is 2. The van der Waals surface area contributed by atoms with Crippen LogP contribution in [-0.4, -0.2) is 66.5 Å². The predicted octanol–water partition coefficient (Wildman–Crippen LogP) is 6.95. The molecule has 0 aliphatic heterocycles. The van der Waals surface area contributed by atoms with Gasteiger partial charge in [-0.15, -0.1) is 0 Å². The van der Waals surface area contributed by atoms with Gasteiger partial charge >= 0.3 is 0 Å². The van der Waals surface area contributed by atoms with Crippen LogP contribution in [-0.2, 0) is 17.5 Å². The van der Waals surface area contributed by atoms with Gasteiger partial charge in [-0.2, -0.15) is 0 Å². The third kappa shape index (κ3) is 4.71. The number of ketones is 2. The number of aliphatic hydroxyl groups is 2. The molecule has 0 unspecified atom stereocenters. The maximum Gasteiger partial charge on any atom is 0.265 e. The molecule has 0 saturated heterocycles. The first-order chi connectivity index (χ1) is 21.7. The third-order valence-corrected chi connectivity index (χ3v) is 15.3. The standard InChI is InChI=1S/C36H46N2O7Si/c1-9-10-15-43-34-28-31(44-37-34)29(38(5)6)25-18-22-17-21-16-20-13-11-12-14-23(20)24(19-39)26(21)30(40)27(22)32(41)36(25,33(28)42)45-46(7,8)35(2,3)4/h11-14,16,22,25,29,39,41H,9-10,15,17-19H2,1-8H3/t22-,25-,29-,36-/m0/s1. The first kappa shape index (κ1) is 32.6. The number of hydrogen-bond donors (Lipinski definition) is 2. The van der Waals surface area contributed by atoms with E-state index in [2.05, 4.69) is 45.9 Å². The normalized spacial score (nSPS) is 24.6. The zero-order valence-electron chi connectivity index (χ0n) is 28.2. The summed E-state index contributed by atoms with van der Waals surface area (Å²) in [6.07, 6.45) is 2.56. The maximum atomic E-state index is 15.1. The molecule has 0 fully saturated rings. The molecule has 3 aliphatic rings. The van der Waals surface area contributed by atoms with E-state index in [1.165, 1.54) is 0 Å².